The van der Waals surface area contributed by atoms with Gasteiger partial charge < -0.3 is 10.1 Å². The highest BCUT2D eigenvalue weighted by atomic mass is 32.2. The van der Waals surface area contributed by atoms with Crippen LogP contribution in [0.5, 0.6) is 0 Å². The molecule has 0 radical (unpaired) electrons. The van der Waals surface area contributed by atoms with Crippen LogP contribution in [-0.4, -0.2) is 37.7 Å². The summed E-state index contributed by atoms with van der Waals surface area (Å²) >= 11 is 3.24. The first-order chi connectivity index (χ1) is 7.77. The fourth-order valence-electron chi connectivity index (χ4n) is 1.25. The normalized spacial score (nSPS) is 12.4. The van der Waals surface area contributed by atoms with E-state index in [1.165, 1.54) is 11.3 Å². The number of carbonyl (C=O) groups excluding carboxylic acids is 1. The number of thiophene rings is 1. The monoisotopic (exact) mass is 259 g/mol. The van der Waals surface area contributed by atoms with Crippen molar-refractivity contribution in [2.45, 2.75) is 12.5 Å². The zero-order valence-electron chi connectivity index (χ0n) is 9.56. The SMILES string of the molecule is COC(CCSC)CNC(=O)c1cccs1. The second-order valence-electron chi connectivity index (χ2n) is 3.33. The molecule has 1 unspecified atom stereocenters. The van der Waals surface area contributed by atoms with E-state index in [2.05, 4.69) is 11.6 Å². The Morgan fingerprint density at radius 1 is 1.69 bits per heavy atom. The molecule has 1 rings (SSSR count). The number of carbonyl (C=O) groups is 1. The van der Waals surface area contributed by atoms with Crippen molar-refractivity contribution in [3.05, 3.63) is 22.4 Å². The fraction of sp³-hybridized carbons (Fsp3) is 0.545. The van der Waals surface area contributed by atoms with Gasteiger partial charge in [-0.1, -0.05) is 6.07 Å². The van der Waals surface area contributed by atoms with E-state index in [4.69, 9.17) is 4.74 Å². The molecule has 0 aromatic carbocycles. The highest BCUT2D eigenvalue weighted by Gasteiger charge is 2.10. The van der Waals surface area contributed by atoms with Gasteiger partial charge in [-0.25, -0.2) is 0 Å². The van der Waals surface area contributed by atoms with Crippen LogP contribution in [0.15, 0.2) is 17.5 Å². The average Bonchev–Trinajstić information content (AvgIpc) is 2.82. The van der Waals surface area contributed by atoms with E-state index >= 15 is 0 Å². The number of ether oxygens (including phenoxy) is 1. The molecule has 0 spiro atoms. The quantitative estimate of drug-likeness (QED) is 0.816. The number of hydrogen-bond donors (Lipinski definition) is 1. The topological polar surface area (TPSA) is 38.3 Å². The van der Waals surface area contributed by atoms with Crippen molar-refractivity contribution in [2.24, 2.45) is 0 Å². The molecular weight excluding hydrogens is 242 g/mol. The summed E-state index contributed by atoms with van der Waals surface area (Å²) in [6.07, 6.45) is 3.13. The molecule has 0 saturated heterocycles. The second-order valence-corrected chi connectivity index (χ2v) is 5.26. The lowest BCUT2D eigenvalue weighted by Gasteiger charge is -2.15. The molecule has 3 nitrogen and oxygen atoms in total. The van der Waals surface area contributed by atoms with E-state index in [9.17, 15) is 4.79 Å². The number of rotatable bonds is 7. The molecule has 1 amide bonds. The van der Waals surface area contributed by atoms with Gasteiger partial charge in [-0.3, -0.25) is 4.79 Å². The van der Waals surface area contributed by atoms with Gasteiger partial charge in [0, 0.05) is 13.7 Å². The Morgan fingerprint density at radius 2 is 2.50 bits per heavy atom. The van der Waals surface area contributed by atoms with Gasteiger partial charge in [0.15, 0.2) is 0 Å². The van der Waals surface area contributed by atoms with Gasteiger partial charge in [0.2, 0.25) is 0 Å². The molecule has 1 heterocycles. The molecule has 1 aromatic rings. The minimum Gasteiger partial charge on any atom is -0.380 e. The molecule has 0 aliphatic heterocycles. The van der Waals surface area contributed by atoms with Crippen LogP contribution in [0.25, 0.3) is 0 Å². The maximum absolute atomic E-state index is 11.6. The molecule has 1 atom stereocenters. The van der Waals surface area contributed by atoms with Crippen molar-refractivity contribution in [2.75, 3.05) is 25.7 Å². The van der Waals surface area contributed by atoms with Gasteiger partial charge in [-0.05, 0) is 29.9 Å². The third-order valence-electron chi connectivity index (χ3n) is 2.21. The first-order valence-electron chi connectivity index (χ1n) is 5.11. The van der Waals surface area contributed by atoms with Crippen molar-refractivity contribution in [3.8, 4) is 0 Å². The summed E-state index contributed by atoms with van der Waals surface area (Å²) in [6.45, 7) is 0.577. The van der Waals surface area contributed by atoms with Crippen molar-refractivity contribution >= 4 is 29.0 Å². The Hall–Kier alpha value is -0.520. The Morgan fingerprint density at radius 3 is 3.06 bits per heavy atom. The summed E-state index contributed by atoms with van der Waals surface area (Å²) in [5, 5.41) is 4.78. The zero-order chi connectivity index (χ0) is 11.8. The van der Waals surface area contributed by atoms with Gasteiger partial charge in [-0.2, -0.15) is 11.8 Å². The molecular formula is C11H17NO2S2. The number of nitrogens with one attached hydrogen (secondary N) is 1. The molecule has 90 valence electrons. The summed E-state index contributed by atoms with van der Waals surface area (Å²) in [4.78, 5) is 12.4. The predicted octanol–water partition coefficient (Wildman–Crippen LogP) is 2.25. The summed E-state index contributed by atoms with van der Waals surface area (Å²) < 4.78 is 5.30. The molecule has 1 N–H and O–H groups in total. The Labute approximate surface area is 105 Å². The third-order valence-corrected chi connectivity index (χ3v) is 3.73. The van der Waals surface area contributed by atoms with E-state index < -0.39 is 0 Å². The molecule has 0 aliphatic rings. The zero-order valence-corrected chi connectivity index (χ0v) is 11.2. The minimum atomic E-state index is -0.0128. The molecule has 1 aromatic heterocycles. The highest BCUT2D eigenvalue weighted by molar-refractivity contribution is 7.98. The van der Waals surface area contributed by atoms with Gasteiger partial charge in [-0.15, -0.1) is 11.3 Å². The smallest absolute Gasteiger partial charge is 0.261 e. The minimum absolute atomic E-state index is 0.0128. The van der Waals surface area contributed by atoms with Crippen molar-refractivity contribution < 1.29 is 9.53 Å². The summed E-state index contributed by atoms with van der Waals surface area (Å²) in [7, 11) is 1.68. The van der Waals surface area contributed by atoms with Crippen LogP contribution in [0, 0.1) is 0 Å². The molecule has 0 fully saturated rings. The van der Waals surface area contributed by atoms with E-state index in [0.29, 0.717) is 6.54 Å². The van der Waals surface area contributed by atoms with Gasteiger partial charge in [0.05, 0.1) is 11.0 Å². The summed E-state index contributed by atoms with van der Waals surface area (Å²) in [5.74, 6) is 1.04. The van der Waals surface area contributed by atoms with Crippen LogP contribution in [0.2, 0.25) is 0 Å². The number of hydrogen-bond acceptors (Lipinski definition) is 4. The van der Waals surface area contributed by atoms with E-state index in [-0.39, 0.29) is 12.0 Å². The Kier molecular flexibility index (Phi) is 6.52. The lowest BCUT2D eigenvalue weighted by Crippen LogP contribution is -2.33. The Balaban J connectivity index is 2.29. The Bertz CT molecular complexity index is 301. The number of amides is 1. The van der Waals surface area contributed by atoms with Crippen LogP contribution in [0.3, 0.4) is 0 Å². The molecule has 16 heavy (non-hydrogen) atoms. The number of thioether (sulfide) groups is 1. The maximum Gasteiger partial charge on any atom is 0.261 e. The fourth-order valence-corrected chi connectivity index (χ4v) is 2.39. The lowest BCUT2D eigenvalue weighted by atomic mass is 10.2. The maximum atomic E-state index is 11.6. The second kappa shape index (κ2) is 7.70. The standard InChI is InChI=1S/C11H17NO2S2/c1-14-9(5-7-15-2)8-12-11(13)10-4-3-6-16-10/h3-4,6,9H,5,7-8H2,1-2H3,(H,12,13). The molecule has 0 saturated carbocycles. The van der Waals surface area contributed by atoms with Crippen molar-refractivity contribution in [1.29, 1.82) is 0 Å². The number of methoxy groups -OCH3 is 1. The van der Waals surface area contributed by atoms with Gasteiger partial charge >= 0.3 is 0 Å². The average molecular weight is 259 g/mol. The van der Waals surface area contributed by atoms with Crippen LogP contribution in [0.1, 0.15) is 16.1 Å². The molecule has 5 heteroatoms. The first-order valence-corrected chi connectivity index (χ1v) is 7.38. The van der Waals surface area contributed by atoms with Crippen LogP contribution < -0.4 is 5.32 Å². The van der Waals surface area contributed by atoms with Gasteiger partial charge in [0.25, 0.3) is 5.91 Å². The predicted molar refractivity (Wildman–Crippen MR) is 70.4 cm³/mol. The lowest BCUT2D eigenvalue weighted by molar-refractivity contribution is 0.0822. The van der Waals surface area contributed by atoms with Crippen molar-refractivity contribution in [1.82, 2.24) is 5.32 Å². The molecule has 0 bridgehead atoms. The van der Waals surface area contributed by atoms with E-state index in [1.54, 1.807) is 18.9 Å². The van der Waals surface area contributed by atoms with E-state index in [1.807, 2.05) is 17.5 Å². The van der Waals surface area contributed by atoms with Crippen LogP contribution >= 0.6 is 23.1 Å². The summed E-state index contributed by atoms with van der Waals surface area (Å²) in [6, 6.07) is 3.70. The van der Waals surface area contributed by atoms with Crippen LogP contribution in [0.4, 0.5) is 0 Å². The third kappa shape index (κ3) is 4.55. The summed E-state index contributed by atoms with van der Waals surface area (Å²) in [5.41, 5.74) is 0. The van der Waals surface area contributed by atoms with Crippen molar-refractivity contribution in [3.63, 3.8) is 0 Å². The van der Waals surface area contributed by atoms with Crippen LogP contribution in [-0.2, 0) is 4.74 Å². The van der Waals surface area contributed by atoms with Gasteiger partial charge in [0.1, 0.15) is 0 Å². The largest absolute Gasteiger partial charge is 0.380 e. The van der Waals surface area contributed by atoms with E-state index in [0.717, 1.165) is 17.1 Å². The first kappa shape index (κ1) is 13.5. The molecule has 0 aliphatic carbocycles. The highest BCUT2D eigenvalue weighted by Crippen LogP contribution is 2.08.